The third-order valence-electron chi connectivity index (χ3n) is 5.95. The number of phenols is 5. The summed E-state index contributed by atoms with van der Waals surface area (Å²) in [5, 5.41) is 50.2. The molecule has 4 aromatic carbocycles. The van der Waals surface area contributed by atoms with E-state index in [0.717, 1.165) is 16.7 Å². The highest BCUT2D eigenvalue weighted by Crippen LogP contribution is 2.54. The molecule has 170 valence electrons. The van der Waals surface area contributed by atoms with Crippen molar-refractivity contribution in [2.45, 2.75) is 12.0 Å². The molecule has 1 aliphatic rings. The predicted octanol–water partition coefficient (Wildman–Crippen LogP) is 5.65. The van der Waals surface area contributed by atoms with Crippen LogP contribution in [0.4, 0.5) is 0 Å². The molecule has 0 unspecified atom stereocenters. The van der Waals surface area contributed by atoms with Crippen molar-refractivity contribution in [2.24, 2.45) is 0 Å². The molecule has 0 amide bonds. The lowest BCUT2D eigenvalue weighted by Crippen LogP contribution is -2.12. The van der Waals surface area contributed by atoms with Crippen LogP contribution in [0.1, 0.15) is 39.8 Å². The molecule has 5 N–H and O–H groups in total. The van der Waals surface area contributed by atoms with Gasteiger partial charge in [0.1, 0.15) is 40.6 Å². The van der Waals surface area contributed by atoms with Crippen LogP contribution in [0.5, 0.6) is 34.5 Å². The Hall–Kier alpha value is -4.58. The van der Waals surface area contributed by atoms with Crippen molar-refractivity contribution in [3.63, 3.8) is 0 Å². The van der Waals surface area contributed by atoms with Crippen LogP contribution >= 0.6 is 0 Å². The zero-order valence-electron chi connectivity index (χ0n) is 18.0. The van der Waals surface area contributed by atoms with Crippen LogP contribution in [-0.4, -0.2) is 25.5 Å². The second-order valence-electron chi connectivity index (χ2n) is 8.22. The van der Waals surface area contributed by atoms with Crippen LogP contribution < -0.4 is 4.74 Å². The molecule has 4 aromatic rings. The summed E-state index contributed by atoms with van der Waals surface area (Å²) in [6.45, 7) is 0. The van der Waals surface area contributed by atoms with Crippen molar-refractivity contribution in [3.8, 4) is 34.5 Å². The monoisotopic (exact) mass is 454 g/mol. The fourth-order valence-electron chi connectivity index (χ4n) is 4.37. The number of aromatic hydroxyl groups is 5. The molecule has 2 atom stereocenters. The second kappa shape index (κ2) is 8.41. The number of phenolic OH excluding ortho intramolecular Hbond substituents is 5. The third kappa shape index (κ3) is 3.97. The zero-order chi connectivity index (χ0) is 23.8. The first-order valence-corrected chi connectivity index (χ1v) is 10.7. The Morgan fingerprint density at radius 1 is 0.618 bits per heavy atom. The largest absolute Gasteiger partial charge is 0.508 e. The molecule has 6 heteroatoms. The molecular formula is C28H22O6. The highest BCUT2D eigenvalue weighted by atomic mass is 16.5. The Morgan fingerprint density at radius 2 is 1.26 bits per heavy atom. The molecule has 0 bridgehead atoms. The van der Waals surface area contributed by atoms with Gasteiger partial charge in [-0.05, 0) is 53.1 Å². The van der Waals surface area contributed by atoms with Crippen molar-refractivity contribution in [1.82, 2.24) is 0 Å². The van der Waals surface area contributed by atoms with Gasteiger partial charge in [-0.1, -0.05) is 42.5 Å². The van der Waals surface area contributed by atoms with Crippen molar-refractivity contribution < 1.29 is 30.3 Å². The molecule has 0 aromatic heterocycles. The van der Waals surface area contributed by atoms with Crippen LogP contribution in [0.2, 0.25) is 0 Å². The fraction of sp³-hybridized carbons (Fsp3) is 0.0714. The van der Waals surface area contributed by atoms with Gasteiger partial charge in [-0.25, -0.2) is 0 Å². The van der Waals surface area contributed by atoms with Gasteiger partial charge in [0.05, 0.1) is 5.92 Å². The van der Waals surface area contributed by atoms with Gasteiger partial charge in [0.15, 0.2) is 0 Å². The highest BCUT2D eigenvalue weighted by Gasteiger charge is 2.40. The average Bonchev–Trinajstić information content (AvgIpc) is 3.18. The van der Waals surface area contributed by atoms with E-state index in [-0.39, 0.29) is 28.7 Å². The Balaban J connectivity index is 1.67. The van der Waals surface area contributed by atoms with Gasteiger partial charge in [-0.2, -0.15) is 0 Å². The molecule has 0 aliphatic carbocycles. The molecule has 6 nitrogen and oxygen atoms in total. The molecule has 0 radical (unpaired) electrons. The van der Waals surface area contributed by atoms with Gasteiger partial charge >= 0.3 is 0 Å². The third-order valence-corrected chi connectivity index (χ3v) is 5.95. The minimum atomic E-state index is -0.548. The van der Waals surface area contributed by atoms with Gasteiger partial charge in [0.25, 0.3) is 0 Å². The Morgan fingerprint density at radius 3 is 1.94 bits per heavy atom. The molecule has 34 heavy (non-hydrogen) atoms. The number of hydrogen-bond donors (Lipinski definition) is 5. The zero-order valence-corrected chi connectivity index (χ0v) is 18.0. The van der Waals surface area contributed by atoms with E-state index in [1.165, 1.54) is 18.2 Å². The highest BCUT2D eigenvalue weighted by molar-refractivity contribution is 5.75. The summed E-state index contributed by atoms with van der Waals surface area (Å²) in [4.78, 5) is 0. The van der Waals surface area contributed by atoms with Crippen molar-refractivity contribution >= 4 is 12.2 Å². The second-order valence-corrected chi connectivity index (χ2v) is 8.22. The average molecular weight is 454 g/mol. The molecule has 0 saturated heterocycles. The normalized spacial score (nSPS) is 16.9. The molecule has 1 heterocycles. The summed E-state index contributed by atoms with van der Waals surface area (Å²) in [7, 11) is 0. The van der Waals surface area contributed by atoms with E-state index < -0.39 is 12.0 Å². The maximum atomic E-state index is 10.7. The molecular weight excluding hydrogens is 432 g/mol. The minimum Gasteiger partial charge on any atom is -0.508 e. The first kappa shape index (κ1) is 21.3. The van der Waals surface area contributed by atoms with Gasteiger partial charge in [-0.3, -0.25) is 0 Å². The first-order chi connectivity index (χ1) is 16.4. The van der Waals surface area contributed by atoms with E-state index in [1.807, 2.05) is 12.2 Å². The number of benzene rings is 4. The van der Waals surface area contributed by atoms with Gasteiger partial charge in [0, 0.05) is 23.3 Å². The van der Waals surface area contributed by atoms with Crippen molar-refractivity contribution in [2.75, 3.05) is 0 Å². The number of fused-ring (bicyclic) bond motifs is 1. The van der Waals surface area contributed by atoms with Crippen LogP contribution in [0.15, 0.2) is 78.9 Å². The van der Waals surface area contributed by atoms with E-state index >= 15 is 0 Å². The lowest BCUT2D eigenvalue weighted by atomic mass is 9.82. The Bertz CT molecular complexity index is 1370. The SMILES string of the molecule is Oc1ccc(/C=C/c2cc(O)cc3c2[C@H](c2ccc(O)cc2O)[C@@H](c2ccc(O)cc2)O3)cc1. The Labute approximate surface area is 195 Å². The van der Waals surface area contributed by atoms with E-state index in [0.29, 0.717) is 16.9 Å². The van der Waals surface area contributed by atoms with Crippen LogP contribution in [0, 0.1) is 0 Å². The van der Waals surface area contributed by atoms with Crippen LogP contribution in [-0.2, 0) is 0 Å². The first-order valence-electron chi connectivity index (χ1n) is 10.7. The lowest BCUT2D eigenvalue weighted by Gasteiger charge is -2.22. The fourth-order valence-corrected chi connectivity index (χ4v) is 4.37. The van der Waals surface area contributed by atoms with E-state index in [4.69, 9.17) is 4.74 Å². The smallest absolute Gasteiger partial charge is 0.135 e. The summed E-state index contributed by atoms with van der Waals surface area (Å²) in [6.07, 6.45) is 3.15. The van der Waals surface area contributed by atoms with E-state index in [2.05, 4.69) is 0 Å². The molecule has 0 spiro atoms. The minimum absolute atomic E-state index is 0.0316. The summed E-state index contributed by atoms with van der Waals surface area (Å²) >= 11 is 0. The number of rotatable bonds is 4. The summed E-state index contributed by atoms with van der Waals surface area (Å²) < 4.78 is 6.29. The van der Waals surface area contributed by atoms with Crippen molar-refractivity contribution in [3.05, 3.63) is 107 Å². The summed E-state index contributed by atoms with van der Waals surface area (Å²) in [6, 6.07) is 21.0. The predicted molar refractivity (Wildman–Crippen MR) is 128 cm³/mol. The van der Waals surface area contributed by atoms with Gasteiger partial charge < -0.3 is 30.3 Å². The maximum Gasteiger partial charge on any atom is 0.135 e. The molecule has 0 fully saturated rings. The number of ether oxygens (including phenoxy) is 1. The van der Waals surface area contributed by atoms with Crippen LogP contribution in [0.25, 0.3) is 12.2 Å². The summed E-state index contributed by atoms with van der Waals surface area (Å²) in [5.74, 6) is 0.207. The quantitative estimate of drug-likeness (QED) is 0.255. The van der Waals surface area contributed by atoms with Crippen molar-refractivity contribution in [1.29, 1.82) is 0 Å². The number of hydrogen-bond acceptors (Lipinski definition) is 6. The topological polar surface area (TPSA) is 110 Å². The Kier molecular flexibility index (Phi) is 5.26. The van der Waals surface area contributed by atoms with Gasteiger partial charge in [-0.15, -0.1) is 0 Å². The lowest BCUT2D eigenvalue weighted by molar-refractivity contribution is 0.220. The van der Waals surface area contributed by atoms with Gasteiger partial charge in [0.2, 0.25) is 0 Å². The maximum absolute atomic E-state index is 10.7. The van der Waals surface area contributed by atoms with Crippen LogP contribution in [0.3, 0.4) is 0 Å². The standard InChI is InChI=1S/C28H22O6/c29-19-7-2-16(3-8-19)1-4-18-13-22(32)15-25-26(18)27(23-12-11-21(31)14-24(23)33)28(34-25)17-5-9-20(30)10-6-17/h1-15,27-33H/b4-1+/t27-,28+/m0/s1. The molecule has 1 aliphatic heterocycles. The summed E-state index contributed by atoms with van der Waals surface area (Å²) in [5.41, 5.74) is 3.65. The molecule has 0 saturated carbocycles. The van der Waals surface area contributed by atoms with E-state index in [1.54, 1.807) is 60.7 Å². The van der Waals surface area contributed by atoms with E-state index in [9.17, 15) is 25.5 Å². The molecule has 5 rings (SSSR count).